The SMILES string of the molecule is CCCOc1ccc(CNCCOC(C)C)cc1. The molecule has 3 heteroatoms. The molecule has 0 radical (unpaired) electrons. The van der Waals surface area contributed by atoms with E-state index in [1.165, 1.54) is 5.56 Å². The zero-order chi connectivity index (χ0) is 13.2. The second-order valence-electron chi connectivity index (χ2n) is 4.59. The van der Waals surface area contributed by atoms with E-state index in [0.29, 0.717) is 6.10 Å². The van der Waals surface area contributed by atoms with Crippen LogP contribution in [0.3, 0.4) is 0 Å². The Bertz CT molecular complexity index is 309. The van der Waals surface area contributed by atoms with Crippen molar-refractivity contribution in [3.05, 3.63) is 29.8 Å². The van der Waals surface area contributed by atoms with Gasteiger partial charge in [0.1, 0.15) is 5.75 Å². The van der Waals surface area contributed by atoms with Crippen molar-refractivity contribution in [1.29, 1.82) is 0 Å². The maximum absolute atomic E-state index is 5.54. The van der Waals surface area contributed by atoms with E-state index >= 15 is 0 Å². The van der Waals surface area contributed by atoms with E-state index < -0.39 is 0 Å². The van der Waals surface area contributed by atoms with Crippen molar-refractivity contribution in [3.63, 3.8) is 0 Å². The minimum absolute atomic E-state index is 0.307. The van der Waals surface area contributed by atoms with Crippen LogP contribution in [-0.2, 0) is 11.3 Å². The van der Waals surface area contributed by atoms with Gasteiger partial charge < -0.3 is 14.8 Å². The first-order chi connectivity index (χ1) is 8.72. The Morgan fingerprint density at radius 1 is 1.11 bits per heavy atom. The molecule has 0 bridgehead atoms. The molecule has 0 amide bonds. The molecule has 1 N–H and O–H groups in total. The number of hydrogen-bond donors (Lipinski definition) is 1. The van der Waals surface area contributed by atoms with Gasteiger partial charge in [-0.1, -0.05) is 19.1 Å². The maximum atomic E-state index is 5.54. The van der Waals surface area contributed by atoms with Crippen LogP contribution in [0.25, 0.3) is 0 Å². The summed E-state index contributed by atoms with van der Waals surface area (Å²) in [6.45, 7) is 9.50. The van der Waals surface area contributed by atoms with Gasteiger partial charge >= 0.3 is 0 Å². The lowest BCUT2D eigenvalue weighted by Crippen LogP contribution is -2.20. The average molecular weight is 251 g/mol. The van der Waals surface area contributed by atoms with E-state index in [0.717, 1.165) is 38.5 Å². The summed E-state index contributed by atoms with van der Waals surface area (Å²) in [5, 5.41) is 3.35. The van der Waals surface area contributed by atoms with Crippen LogP contribution in [0.1, 0.15) is 32.8 Å². The summed E-state index contributed by atoms with van der Waals surface area (Å²) < 4.78 is 11.0. The van der Waals surface area contributed by atoms with Crippen molar-refractivity contribution >= 4 is 0 Å². The molecule has 0 aliphatic rings. The van der Waals surface area contributed by atoms with Gasteiger partial charge in [0.2, 0.25) is 0 Å². The van der Waals surface area contributed by atoms with Gasteiger partial charge in [-0.3, -0.25) is 0 Å². The molecule has 0 unspecified atom stereocenters. The minimum atomic E-state index is 0.307. The largest absolute Gasteiger partial charge is 0.494 e. The second kappa shape index (κ2) is 8.95. The predicted octanol–water partition coefficient (Wildman–Crippen LogP) is 2.99. The van der Waals surface area contributed by atoms with E-state index in [-0.39, 0.29) is 0 Å². The molecular formula is C15H25NO2. The lowest BCUT2D eigenvalue weighted by atomic mass is 10.2. The fourth-order valence-electron chi connectivity index (χ4n) is 1.52. The van der Waals surface area contributed by atoms with Crippen molar-refractivity contribution in [2.75, 3.05) is 19.8 Å². The molecule has 0 saturated heterocycles. The Morgan fingerprint density at radius 2 is 1.83 bits per heavy atom. The molecule has 0 atom stereocenters. The summed E-state index contributed by atoms with van der Waals surface area (Å²) >= 11 is 0. The molecule has 1 aromatic rings. The van der Waals surface area contributed by atoms with Crippen molar-refractivity contribution < 1.29 is 9.47 Å². The van der Waals surface area contributed by atoms with Crippen LogP contribution in [0, 0.1) is 0 Å². The number of rotatable bonds is 9. The first-order valence-electron chi connectivity index (χ1n) is 6.76. The first kappa shape index (κ1) is 15.0. The molecule has 18 heavy (non-hydrogen) atoms. The van der Waals surface area contributed by atoms with Crippen LogP contribution in [0.5, 0.6) is 5.75 Å². The first-order valence-corrected chi connectivity index (χ1v) is 6.76. The van der Waals surface area contributed by atoms with E-state index in [2.05, 4.69) is 38.2 Å². The van der Waals surface area contributed by atoms with Crippen LogP contribution in [0.2, 0.25) is 0 Å². The molecule has 0 saturated carbocycles. The molecular weight excluding hydrogens is 226 g/mol. The number of hydrogen-bond acceptors (Lipinski definition) is 3. The third-order valence-electron chi connectivity index (χ3n) is 2.46. The van der Waals surface area contributed by atoms with Crippen LogP contribution in [-0.4, -0.2) is 25.9 Å². The zero-order valence-corrected chi connectivity index (χ0v) is 11.7. The lowest BCUT2D eigenvalue weighted by molar-refractivity contribution is 0.0807. The minimum Gasteiger partial charge on any atom is -0.494 e. The Balaban J connectivity index is 2.18. The van der Waals surface area contributed by atoms with Gasteiger partial charge in [0.25, 0.3) is 0 Å². The second-order valence-corrected chi connectivity index (χ2v) is 4.59. The van der Waals surface area contributed by atoms with Crippen LogP contribution in [0.4, 0.5) is 0 Å². The molecule has 0 heterocycles. The Kier molecular flexibility index (Phi) is 7.46. The highest BCUT2D eigenvalue weighted by atomic mass is 16.5. The quantitative estimate of drug-likeness (QED) is 0.684. The summed E-state index contributed by atoms with van der Waals surface area (Å²) in [6.07, 6.45) is 1.35. The van der Waals surface area contributed by atoms with Gasteiger partial charge in [-0.05, 0) is 38.0 Å². The fraction of sp³-hybridized carbons (Fsp3) is 0.600. The summed E-state index contributed by atoms with van der Waals surface area (Å²) in [5.74, 6) is 0.948. The van der Waals surface area contributed by atoms with Gasteiger partial charge in [0.15, 0.2) is 0 Å². The van der Waals surface area contributed by atoms with E-state index in [1.54, 1.807) is 0 Å². The number of nitrogens with one attached hydrogen (secondary N) is 1. The van der Waals surface area contributed by atoms with E-state index in [4.69, 9.17) is 9.47 Å². The van der Waals surface area contributed by atoms with E-state index in [9.17, 15) is 0 Å². The third kappa shape index (κ3) is 6.62. The van der Waals surface area contributed by atoms with Gasteiger partial charge in [-0.15, -0.1) is 0 Å². The molecule has 102 valence electrons. The average Bonchev–Trinajstić information content (AvgIpc) is 2.37. The summed E-state index contributed by atoms with van der Waals surface area (Å²) in [7, 11) is 0. The van der Waals surface area contributed by atoms with Gasteiger partial charge in [0.05, 0.1) is 19.3 Å². The van der Waals surface area contributed by atoms with Gasteiger partial charge in [-0.2, -0.15) is 0 Å². The van der Waals surface area contributed by atoms with Crippen molar-refractivity contribution in [1.82, 2.24) is 5.32 Å². The van der Waals surface area contributed by atoms with Crippen molar-refractivity contribution in [2.45, 2.75) is 39.8 Å². The normalized spacial score (nSPS) is 10.9. The fourth-order valence-corrected chi connectivity index (χ4v) is 1.52. The third-order valence-corrected chi connectivity index (χ3v) is 2.46. The summed E-state index contributed by atoms with van der Waals surface area (Å²) in [5.41, 5.74) is 1.27. The summed E-state index contributed by atoms with van der Waals surface area (Å²) in [4.78, 5) is 0. The molecule has 1 rings (SSSR count). The standard InChI is InChI=1S/C15H25NO2/c1-4-10-18-15-7-5-14(6-8-15)12-16-9-11-17-13(2)3/h5-8,13,16H,4,9-12H2,1-3H3. The van der Waals surface area contributed by atoms with Crippen LogP contribution >= 0.6 is 0 Å². The topological polar surface area (TPSA) is 30.5 Å². The van der Waals surface area contributed by atoms with Crippen LogP contribution in [0.15, 0.2) is 24.3 Å². The molecule has 0 aliphatic heterocycles. The smallest absolute Gasteiger partial charge is 0.119 e. The Labute approximate surface area is 110 Å². The van der Waals surface area contributed by atoms with Gasteiger partial charge in [0, 0.05) is 13.1 Å². The maximum Gasteiger partial charge on any atom is 0.119 e. The molecule has 0 aliphatic carbocycles. The lowest BCUT2D eigenvalue weighted by Gasteiger charge is -2.09. The molecule has 0 aromatic heterocycles. The highest BCUT2D eigenvalue weighted by Gasteiger charge is 1.96. The monoisotopic (exact) mass is 251 g/mol. The molecule has 3 nitrogen and oxygen atoms in total. The Hall–Kier alpha value is -1.06. The van der Waals surface area contributed by atoms with E-state index in [1.807, 2.05) is 12.1 Å². The predicted molar refractivity (Wildman–Crippen MR) is 75.0 cm³/mol. The van der Waals surface area contributed by atoms with Gasteiger partial charge in [-0.25, -0.2) is 0 Å². The summed E-state index contributed by atoms with van der Waals surface area (Å²) in [6, 6.07) is 8.25. The molecule has 0 spiro atoms. The van der Waals surface area contributed by atoms with Crippen molar-refractivity contribution in [2.24, 2.45) is 0 Å². The zero-order valence-electron chi connectivity index (χ0n) is 11.7. The number of benzene rings is 1. The Morgan fingerprint density at radius 3 is 2.44 bits per heavy atom. The van der Waals surface area contributed by atoms with Crippen molar-refractivity contribution in [3.8, 4) is 5.75 Å². The highest BCUT2D eigenvalue weighted by Crippen LogP contribution is 2.12. The highest BCUT2D eigenvalue weighted by molar-refractivity contribution is 5.27. The molecule has 1 aromatic carbocycles. The molecule has 0 fully saturated rings. The number of ether oxygens (including phenoxy) is 2. The van der Waals surface area contributed by atoms with Crippen LogP contribution < -0.4 is 10.1 Å².